The minimum atomic E-state index is 0.229. The molecule has 0 amide bonds. The van der Waals surface area contributed by atoms with Crippen LogP contribution in [0.25, 0.3) is 10.8 Å². The summed E-state index contributed by atoms with van der Waals surface area (Å²) in [6.07, 6.45) is 0. The SMILES string of the molecule is Cc1nnc(N2CCN(CCO)CC2)c2ccccc12. The van der Waals surface area contributed by atoms with E-state index in [0.29, 0.717) is 0 Å². The fourth-order valence-corrected chi connectivity index (χ4v) is 2.78. The van der Waals surface area contributed by atoms with E-state index in [9.17, 15) is 0 Å². The second kappa shape index (κ2) is 5.73. The smallest absolute Gasteiger partial charge is 0.159 e. The molecule has 3 rings (SSSR count). The molecule has 1 aromatic heterocycles. The summed E-state index contributed by atoms with van der Waals surface area (Å²) in [6, 6.07) is 8.31. The molecule has 106 valence electrons. The summed E-state index contributed by atoms with van der Waals surface area (Å²) in [5.74, 6) is 0.981. The van der Waals surface area contributed by atoms with Gasteiger partial charge in [-0.3, -0.25) is 4.90 Å². The van der Waals surface area contributed by atoms with E-state index in [1.165, 1.54) is 10.8 Å². The molecule has 1 saturated heterocycles. The van der Waals surface area contributed by atoms with Gasteiger partial charge in [-0.15, -0.1) is 5.10 Å². The normalized spacial score (nSPS) is 16.8. The Bertz CT molecular complexity index is 593. The van der Waals surface area contributed by atoms with E-state index in [1.54, 1.807) is 0 Å². The molecule has 1 aromatic carbocycles. The van der Waals surface area contributed by atoms with Crippen molar-refractivity contribution >= 4 is 16.6 Å². The molecule has 5 heteroatoms. The zero-order valence-corrected chi connectivity index (χ0v) is 11.8. The number of piperazine rings is 1. The summed E-state index contributed by atoms with van der Waals surface area (Å²) in [6.45, 7) is 6.78. The van der Waals surface area contributed by atoms with Crippen LogP contribution in [-0.2, 0) is 0 Å². The van der Waals surface area contributed by atoms with Crippen LogP contribution < -0.4 is 4.90 Å². The third kappa shape index (κ3) is 2.46. The first kappa shape index (κ1) is 13.3. The van der Waals surface area contributed by atoms with Gasteiger partial charge in [0.05, 0.1) is 12.3 Å². The molecule has 20 heavy (non-hydrogen) atoms. The second-order valence-corrected chi connectivity index (χ2v) is 5.21. The number of anilines is 1. The van der Waals surface area contributed by atoms with Crippen LogP contribution in [0.5, 0.6) is 0 Å². The fraction of sp³-hybridized carbons (Fsp3) is 0.467. The van der Waals surface area contributed by atoms with Crippen LogP contribution in [-0.4, -0.2) is 59.5 Å². The Hall–Kier alpha value is -1.72. The van der Waals surface area contributed by atoms with E-state index in [1.807, 2.05) is 13.0 Å². The van der Waals surface area contributed by atoms with Crippen molar-refractivity contribution in [2.24, 2.45) is 0 Å². The molecule has 0 radical (unpaired) electrons. The summed E-state index contributed by atoms with van der Waals surface area (Å²) in [5.41, 5.74) is 0.975. The average Bonchev–Trinajstić information content (AvgIpc) is 2.49. The van der Waals surface area contributed by atoms with Gasteiger partial charge in [-0.2, -0.15) is 5.10 Å². The second-order valence-electron chi connectivity index (χ2n) is 5.21. The van der Waals surface area contributed by atoms with E-state index in [0.717, 1.165) is 44.2 Å². The van der Waals surface area contributed by atoms with Crippen molar-refractivity contribution in [2.75, 3.05) is 44.2 Å². The lowest BCUT2D eigenvalue weighted by Gasteiger charge is -2.35. The van der Waals surface area contributed by atoms with Crippen LogP contribution in [0.3, 0.4) is 0 Å². The van der Waals surface area contributed by atoms with Crippen molar-refractivity contribution < 1.29 is 5.11 Å². The molecule has 0 saturated carbocycles. The Morgan fingerprint density at radius 1 is 1.05 bits per heavy atom. The molecule has 0 spiro atoms. The van der Waals surface area contributed by atoms with Gasteiger partial charge in [-0.1, -0.05) is 24.3 Å². The summed E-state index contributed by atoms with van der Waals surface area (Å²) in [7, 11) is 0. The Morgan fingerprint density at radius 3 is 2.45 bits per heavy atom. The lowest BCUT2D eigenvalue weighted by Crippen LogP contribution is -2.47. The van der Waals surface area contributed by atoms with E-state index < -0.39 is 0 Å². The zero-order valence-electron chi connectivity index (χ0n) is 11.8. The average molecular weight is 272 g/mol. The summed E-state index contributed by atoms with van der Waals surface area (Å²) in [4.78, 5) is 4.57. The molecule has 1 aliphatic rings. The van der Waals surface area contributed by atoms with Crippen LogP contribution >= 0.6 is 0 Å². The predicted octanol–water partition coefficient (Wildman–Crippen LogP) is 1.05. The van der Waals surface area contributed by atoms with Crippen LogP contribution in [0, 0.1) is 6.92 Å². The molecule has 0 atom stereocenters. The van der Waals surface area contributed by atoms with Crippen LogP contribution in [0.15, 0.2) is 24.3 Å². The van der Waals surface area contributed by atoms with Gasteiger partial charge in [-0.05, 0) is 6.92 Å². The number of hydrogen-bond donors (Lipinski definition) is 1. The maximum absolute atomic E-state index is 9.00. The summed E-state index contributed by atoms with van der Waals surface area (Å²) in [5, 5.41) is 20.1. The van der Waals surface area contributed by atoms with Crippen molar-refractivity contribution in [1.82, 2.24) is 15.1 Å². The predicted molar refractivity (Wildman–Crippen MR) is 80.0 cm³/mol. The van der Waals surface area contributed by atoms with Crippen LogP contribution in [0.4, 0.5) is 5.82 Å². The topological polar surface area (TPSA) is 52.5 Å². The number of aliphatic hydroxyl groups is 1. The van der Waals surface area contributed by atoms with Crippen molar-refractivity contribution in [3.63, 3.8) is 0 Å². The van der Waals surface area contributed by atoms with Gasteiger partial charge in [0.2, 0.25) is 0 Å². The molecule has 5 nitrogen and oxygen atoms in total. The molecular formula is C15H20N4O. The first-order valence-electron chi connectivity index (χ1n) is 7.10. The zero-order chi connectivity index (χ0) is 13.9. The molecule has 2 aromatic rings. The highest BCUT2D eigenvalue weighted by atomic mass is 16.3. The van der Waals surface area contributed by atoms with Crippen molar-refractivity contribution in [2.45, 2.75) is 6.92 Å². The number of rotatable bonds is 3. The molecular weight excluding hydrogens is 252 g/mol. The molecule has 1 N–H and O–H groups in total. The lowest BCUT2D eigenvalue weighted by molar-refractivity contribution is 0.188. The Balaban J connectivity index is 1.87. The van der Waals surface area contributed by atoms with Gasteiger partial charge >= 0.3 is 0 Å². The van der Waals surface area contributed by atoms with E-state index in [4.69, 9.17) is 5.11 Å². The number of aryl methyl sites for hydroxylation is 1. The number of nitrogens with zero attached hydrogens (tertiary/aromatic N) is 4. The summed E-state index contributed by atoms with van der Waals surface area (Å²) < 4.78 is 0. The van der Waals surface area contributed by atoms with E-state index >= 15 is 0 Å². The largest absolute Gasteiger partial charge is 0.395 e. The molecule has 0 aliphatic carbocycles. The minimum absolute atomic E-state index is 0.229. The lowest BCUT2D eigenvalue weighted by atomic mass is 10.1. The van der Waals surface area contributed by atoms with Crippen LogP contribution in [0.1, 0.15) is 5.69 Å². The van der Waals surface area contributed by atoms with Crippen molar-refractivity contribution in [1.29, 1.82) is 0 Å². The molecule has 1 aliphatic heterocycles. The number of benzene rings is 1. The number of aliphatic hydroxyl groups excluding tert-OH is 1. The summed E-state index contributed by atoms with van der Waals surface area (Å²) >= 11 is 0. The molecule has 2 heterocycles. The van der Waals surface area contributed by atoms with Gasteiger partial charge < -0.3 is 10.0 Å². The first-order chi connectivity index (χ1) is 9.79. The quantitative estimate of drug-likeness (QED) is 0.905. The number of aromatic nitrogens is 2. The maximum atomic E-state index is 9.00. The van der Waals surface area contributed by atoms with Gasteiger partial charge in [0.1, 0.15) is 0 Å². The highest BCUT2D eigenvalue weighted by Gasteiger charge is 2.20. The van der Waals surface area contributed by atoms with Gasteiger partial charge in [-0.25, -0.2) is 0 Å². The highest BCUT2D eigenvalue weighted by Crippen LogP contribution is 2.26. The van der Waals surface area contributed by atoms with E-state index in [2.05, 4.69) is 38.2 Å². The number of hydrogen-bond acceptors (Lipinski definition) is 5. The highest BCUT2D eigenvalue weighted by molar-refractivity contribution is 5.93. The molecule has 1 fully saturated rings. The minimum Gasteiger partial charge on any atom is -0.395 e. The maximum Gasteiger partial charge on any atom is 0.159 e. The van der Waals surface area contributed by atoms with Gasteiger partial charge in [0.15, 0.2) is 5.82 Å². The molecule has 0 bridgehead atoms. The standard InChI is InChI=1S/C15H20N4O/c1-12-13-4-2-3-5-14(13)15(17-16-12)19-8-6-18(7-9-19)10-11-20/h2-5,20H,6-11H2,1H3. The third-order valence-electron chi connectivity index (χ3n) is 3.94. The Labute approximate surface area is 118 Å². The monoisotopic (exact) mass is 272 g/mol. The van der Waals surface area contributed by atoms with Gasteiger partial charge in [0, 0.05) is 43.5 Å². The third-order valence-corrected chi connectivity index (χ3v) is 3.94. The first-order valence-corrected chi connectivity index (χ1v) is 7.10. The van der Waals surface area contributed by atoms with Crippen molar-refractivity contribution in [3.8, 4) is 0 Å². The van der Waals surface area contributed by atoms with Crippen LogP contribution in [0.2, 0.25) is 0 Å². The van der Waals surface area contributed by atoms with E-state index in [-0.39, 0.29) is 6.61 Å². The Kier molecular flexibility index (Phi) is 3.80. The fourth-order valence-electron chi connectivity index (χ4n) is 2.78. The molecule has 0 unspecified atom stereocenters. The number of fused-ring (bicyclic) bond motifs is 1. The Morgan fingerprint density at radius 2 is 1.75 bits per heavy atom. The van der Waals surface area contributed by atoms with Gasteiger partial charge in [0.25, 0.3) is 0 Å². The van der Waals surface area contributed by atoms with Crippen molar-refractivity contribution in [3.05, 3.63) is 30.0 Å². The number of β-amino-alcohol motifs (C(OH)–C–C–N with tert-alkyl or cyclic N) is 1.